The summed E-state index contributed by atoms with van der Waals surface area (Å²) < 4.78 is 4.57. The molecule has 0 aliphatic heterocycles. The zero-order chi connectivity index (χ0) is 14.4. The van der Waals surface area contributed by atoms with Crippen LogP contribution in [0.5, 0.6) is 0 Å². The predicted octanol–water partition coefficient (Wildman–Crippen LogP) is 3.12. The number of anilines is 1. The van der Waals surface area contributed by atoms with E-state index in [1.165, 1.54) is 19.2 Å². The lowest BCUT2D eigenvalue weighted by Gasteiger charge is -2.10. The summed E-state index contributed by atoms with van der Waals surface area (Å²) in [5.74, 6) is -0.616. The molecule has 1 rings (SSSR count). The van der Waals surface area contributed by atoms with Crippen molar-refractivity contribution in [1.82, 2.24) is 0 Å². The molecule has 1 aromatic rings. The number of hydrogen-bond donors (Lipinski definition) is 1. The number of carbonyl (C=O) groups excluding carboxylic acids is 1. The van der Waals surface area contributed by atoms with Crippen molar-refractivity contribution in [1.29, 1.82) is 10.5 Å². The lowest BCUT2D eigenvalue weighted by atomic mass is 10.2. The Balaban J connectivity index is 3.22. The highest BCUT2D eigenvalue weighted by molar-refractivity contribution is 6.41. The lowest BCUT2D eigenvalue weighted by Crippen LogP contribution is -2.04. The number of hydrogen-bond acceptors (Lipinski definition) is 5. The number of rotatable bonds is 3. The number of nitrogens with zero attached hydrogens (tertiary/aromatic N) is 2. The zero-order valence-corrected chi connectivity index (χ0v) is 11.2. The Kier molecular flexibility index (Phi) is 5.20. The van der Waals surface area contributed by atoms with E-state index in [4.69, 9.17) is 33.7 Å². The van der Waals surface area contributed by atoms with Gasteiger partial charge >= 0.3 is 5.97 Å². The quantitative estimate of drug-likeness (QED) is 0.684. The fourth-order valence-corrected chi connectivity index (χ4v) is 1.74. The maximum Gasteiger partial charge on any atom is 0.339 e. The molecule has 0 saturated carbocycles. The van der Waals surface area contributed by atoms with Crippen molar-refractivity contribution >= 4 is 34.9 Å². The van der Waals surface area contributed by atoms with Crippen LogP contribution in [0.2, 0.25) is 10.0 Å². The van der Waals surface area contributed by atoms with Gasteiger partial charge < -0.3 is 10.1 Å². The Labute approximate surface area is 119 Å². The molecule has 19 heavy (non-hydrogen) atoms. The summed E-state index contributed by atoms with van der Waals surface area (Å²) in [7, 11) is 1.23. The van der Waals surface area contributed by atoms with E-state index < -0.39 is 5.97 Å². The van der Waals surface area contributed by atoms with Gasteiger partial charge in [0.1, 0.15) is 17.7 Å². The summed E-state index contributed by atoms with van der Waals surface area (Å²) in [5, 5.41) is 20.1. The van der Waals surface area contributed by atoms with E-state index in [1.807, 2.05) is 0 Å². The number of carbonyl (C=O) groups is 1. The first-order valence-corrected chi connectivity index (χ1v) is 5.64. The van der Waals surface area contributed by atoms with Crippen LogP contribution in [0, 0.1) is 22.7 Å². The van der Waals surface area contributed by atoms with Crippen LogP contribution in [0.3, 0.4) is 0 Å². The highest BCUT2D eigenvalue weighted by atomic mass is 35.5. The summed E-state index contributed by atoms with van der Waals surface area (Å²) in [6, 6.07) is 6.21. The molecule has 0 heterocycles. The molecule has 0 aliphatic carbocycles. The smallest absolute Gasteiger partial charge is 0.339 e. The van der Waals surface area contributed by atoms with Crippen LogP contribution in [0.1, 0.15) is 10.4 Å². The second-order valence-corrected chi connectivity index (χ2v) is 3.99. The van der Waals surface area contributed by atoms with Crippen molar-refractivity contribution in [3.05, 3.63) is 39.5 Å². The van der Waals surface area contributed by atoms with Crippen molar-refractivity contribution in [3.63, 3.8) is 0 Å². The first-order chi connectivity index (χ1) is 9.04. The molecule has 0 unspecified atom stereocenters. The second-order valence-electron chi connectivity index (χ2n) is 3.20. The lowest BCUT2D eigenvalue weighted by molar-refractivity contribution is 0.0601. The number of nitriles is 2. The van der Waals surface area contributed by atoms with Gasteiger partial charge in [-0.05, 0) is 12.1 Å². The van der Waals surface area contributed by atoms with E-state index in [0.29, 0.717) is 0 Å². The van der Waals surface area contributed by atoms with Gasteiger partial charge in [0, 0.05) is 6.20 Å². The second kappa shape index (κ2) is 6.65. The van der Waals surface area contributed by atoms with Crippen LogP contribution in [0.25, 0.3) is 0 Å². The number of benzene rings is 1. The molecular weight excluding hydrogens is 289 g/mol. The van der Waals surface area contributed by atoms with Crippen LogP contribution in [-0.4, -0.2) is 13.1 Å². The average Bonchev–Trinajstić information content (AvgIpc) is 2.42. The molecule has 0 radical (unpaired) electrons. The van der Waals surface area contributed by atoms with Crippen molar-refractivity contribution in [2.24, 2.45) is 0 Å². The molecular formula is C12H7Cl2N3O2. The summed E-state index contributed by atoms with van der Waals surface area (Å²) in [4.78, 5) is 11.5. The van der Waals surface area contributed by atoms with Crippen LogP contribution >= 0.6 is 23.2 Å². The average molecular weight is 296 g/mol. The minimum atomic E-state index is -0.616. The maximum absolute atomic E-state index is 11.5. The Bertz CT molecular complexity index is 611. The molecule has 0 amide bonds. The van der Waals surface area contributed by atoms with Gasteiger partial charge in [-0.25, -0.2) is 4.79 Å². The van der Waals surface area contributed by atoms with E-state index in [2.05, 4.69) is 10.1 Å². The molecule has 96 valence electrons. The van der Waals surface area contributed by atoms with Gasteiger partial charge in [0.2, 0.25) is 0 Å². The number of esters is 1. The number of ether oxygens (including phenoxy) is 1. The van der Waals surface area contributed by atoms with Gasteiger partial charge in [-0.1, -0.05) is 23.2 Å². The Morgan fingerprint density at radius 2 is 2.00 bits per heavy atom. The van der Waals surface area contributed by atoms with E-state index in [9.17, 15) is 4.79 Å². The molecule has 0 aromatic heterocycles. The summed E-state index contributed by atoms with van der Waals surface area (Å²) >= 11 is 11.9. The van der Waals surface area contributed by atoms with Crippen molar-refractivity contribution in [2.45, 2.75) is 0 Å². The third kappa shape index (κ3) is 3.38. The Hall–Kier alpha value is -2.21. The fourth-order valence-electron chi connectivity index (χ4n) is 1.19. The minimum Gasteiger partial charge on any atom is -0.465 e. The number of halogens is 2. The van der Waals surface area contributed by atoms with Crippen molar-refractivity contribution < 1.29 is 9.53 Å². The van der Waals surface area contributed by atoms with Crippen LogP contribution in [0.4, 0.5) is 5.69 Å². The maximum atomic E-state index is 11.5. The van der Waals surface area contributed by atoms with Gasteiger partial charge in [-0.2, -0.15) is 10.5 Å². The molecule has 0 atom stereocenters. The van der Waals surface area contributed by atoms with Crippen LogP contribution < -0.4 is 5.32 Å². The number of allylic oxidation sites excluding steroid dienone is 1. The number of nitrogens with one attached hydrogen (secondary N) is 1. The first-order valence-electron chi connectivity index (χ1n) is 4.88. The van der Waals surface area contributed by atoms with Gasteiger partial charge in [-0.15, -0.1) is 0 Å². The van der Waals surface area contributed by atoms with Gasteiger partial charge in [0.05, 0.1) is 28.4 Å². The SMILES string of the molecule is COC(=O)c1ccc(Cl)c(NC=C(C#N)C#N)c1Cl. The largest absolute Gasteiger partial charge is 0.465 e. The molecule has 5 nitrogen and oxygen atoms in total. The Morgan fingerprint density at radius 1 is 1.37 bits per heavy atom. The molecule has 0 saturated heterocycles. The minimum absolute atomic E-state index is 0.0471. The molecule has 1 N–H and O–H groups in total. The monoisotopic (exact) mass is 295 g/mol. The summed E-state index contributed by atoms with van der Waals surface area (Å²) in [6.45, 7) is 0. The van der Waals surface area contributed by atoms with Crippen molar-refractivity contribution in [2.75, 3.05) is 12.4 Å². The summed E-state index contributed by atoms with van der Waals surface area (Å²) in [6.07, 6.45) is 1.15. The Morgan fingerprint density at radius 3 is 2.53 bits per heavy atom. The van der Waals surface area contributed by atoms with Crippen LogP contribution in [0.15, 0.2) is 23.9 Å². The molecule has 0 fully saturated rings. The predicted molar refractivity (Wildman–Crippen MR) is 70.7 cm³/mol. The molecule has 1 aromatic carbocycles. The zero-order valence-electron chi connectivity index (χ0n) is 9.70. The highest BCUT2D eigenvalue weighted by Crippen LogP contribution is 2.33. The number of methoxy groups -OCH3 is 1. The van der Waals surface area contributed by atoms with E-state index >= 15 is 0 Å². The van der Waals surface area contributed by atoms with Gasteiger partial charge in [0.15, 0.2) is 0 Å². The normalized spacial score (nSPS) is 8.89. The summed E-state index contributed by atoms with van der Waals surface area (Å²) in [5.41, 5.74) is 0.185. The third-order valence-electron chi connectivity index (χ3n) is 2.10. The highest BCUT2D eigenvalue weighted by Gasteiger charge is 2.16. The van der Waals surface area contributed by atoms with E-state index in [-0.39, 0.29) is 26.9 Å². The van der Waals surface area contributed by atoms with E-state index in [1.54, 1.807) is 12.1 Å². The third-order valence-corrected chi connectivity index (χ3v) is 2.81. The standard InChI is InChI=1S/C12H7Cl2N3O2/c1-19-12(18)8-2-3-9(13)11(10(8)14)17-6-7(4-15)5-16/h2-3,6,17H,1H3. The molecule has 0 spiro atoms. The first kappa shape index (κ1) is 14.8. The molecule has 0 bridgehead atoms. The van der Waals surface area contributed by atoms with Gasteiger partial charge in [0.25, 0.3) is 0 Å². The molecule has 7 heteroatoms. The van der Waals surface area contributed by atoms with Gasteiger partial charge in [-0.3, -0.25) is 0 Å². The van der Waals surface area contributed by atoms with Crippen molar-refractivity contribution in [3.8, 4) is 12.1 Å². The van der Waals surface area contributed by atoms with Crippen LogP contribution in [-0.2, 0) is 4.74 Å². The fraction of sp³-hybridized carbons (Fsp3) is 0.0833. The molecule has 0 aliphatic rings. The van der Waals surface area contributed by atoms with E-state index in [0.717, 1.165) is 6.20 Å². The topological polar surface area (TPSA) is 85.9 Å².